The summed E-state index contributed by atoms with van der Waals surface area (Å²) in [7, 11) is -1.52. The van der Waals surface area contributed by atoms with Crippen molar-refractivity contribution in [1.29, 1.82) is 0 Å². The average molecular weight is 385 g/mol. The highest BCUT2D eigenvalue weighted by Gasteiger charge is 2.42. The third kappa shape index (κ3) is 8.09. The Labute approximate surface area is 163 Å². The van der Waals surface area contributed by atoms with E-state index in [4.69, 9.17) is 4.74 Å². The van der Waals surface area contributed by atoms with Crippen LogP contribution in [0.5, 0.6) is 0 Å². The summed E-state index contributed by atoms with van der Waals surface area (Å²) in [6.45, 7) is 21.0. The lowest BCUT2D eigenvalue weighted by Gasteiger charge is -2.50. The van der Waals surface area contributed by atoms with Gasteiger partial charge in [-0.3, -0.25) is 9.69 Å². The van der Waals surface area contributed by atoms with Crippen molar-refractivity contribution in [2.45, 2.75) is 79.4 Å². The van der Waals surface area contributed by atoms with E-state index >= 15 is 0 Å². The summed E-state index contributed by atoms with van der Waals surface area (Å²) in [4.78, 5) is 14.2. The molecule has 0 spiro atoms. The van der Waals surface area contributed by atoms with Crippen molar-refractivity contribution in [1.82, 2.24) is 9.47 Å². The monoisotopic (exact) mass is 384 g/mol. The molecular weight excluding hydrogens is 340 g/mol. The molecule has 1 fully saturated rings. The molecule has 0 aromatic carbocycles. The van der Waals surface area contributed by atoms with Gasteiger partial charge in [0.05, 0.1) is 13.0 Å². The SMILES string of the molecule is CCOC(=O)CCN1CCCN([Si](CC(C)C)(CC(C)C)CC(C)C)C1. The predicted octanol–water partition coefficient (Wildman–Crippen LogP) is 4.82. The first-order chi connectivity index (χ1) is 12.2. The maximum Gasteiger partial charge on any atom is 0.307 e. The number of esters is 1. The Morgan fingerprint density at radius 1 is 0.962 bits per heavy atom. The van der Waals surface area contributed by atoms with Crippen molar-refractivity contribution >= 4 is 14.2 Å². The molecule has 0 bridgehead atoms. The summed E-state index contributed by atoms with van der Waals surface area (Å²) < 4.78 is 8.00. The molecule has 1 aliphatic heterocycles. The smallest absolute Gasteiger partial charge is 0.307 e. The molecule has 1 rings (SSSR count). The number of carbonyl (C=O) groups is 1. The highest BCUT2D eigenvalue weighted by Crippen LogP contribution is 2.36. The lowest BCUT2D eigenvalue weighted by atomic mass is 10.2. The van der Waals surface area contributed by atoms with E-state index in [2.05, 4.69) is 51.0 Å². The zero-order valence-electron chi connectivity index (χ0n) is 18.5. The topological polar surface area (TPSA) is 32.8 Å². The van der Waals surface area contributed by atoms with Crippen LogP contribution in [0, 0.1) is 17.8 Å². The van der Waals surface area contributed by atoms with Crippen molar-refractivity contribution in [2.24, 2.45) is 17.8 Å². The van der Waals surface area contributed by atoms with E-state index in [0.717, 1.165) is 37.5 Å². The van der Waals surface area contributed by atoms with Gasteiger partial charge in [-0.2, -0.15) is 0 Å². The minimum Gasteiger partial charge on any atom is -0.466 e. The molecule has 0 atom stereocenters. The molecule has 0 radical (unpaired) electrons. The number of rotatable bonds is 11. The summed E-state index contributed by atoms with van der Waals surface area (Å²) in [5, 5.41) is 0. The first-order valence-corrected chi connectivity index (χ1v) is 13.4. The van der Waals surface area contributed by atoms with Gasteiger partial charge in [-0.15, -0.1) is 0 Å². The van der Waals surface area contributed by atoms with Crippen LogP contribution in [0.25, 0.3) is 0 Å². The second-order valence-electron chi connectivity index (χ2n) is 9.45. The van der Waals surface area contributed by atoms with E-state index in [-0.39, 0.29) is 5.97 Å². The van der Waals surface area contributed by atoms with Gasteiger partial charge in [0.15, 0.2) is 0 Å². The van der Waals surface area contributed by atoms with Gasteiger partial charge in [-0.05, 0) is 55.8 Å². The first-order valence-electron chi connectivity index (χ1n) is 10.8. The largest absolute Gasteiger partial charge is 0.466 e. The Hall–Kier alpha value is -0.393. The lowest BCUT2D eigenvalue weighted by Crippen LogP contribution is -2.61. The fourth-order valence-corrected chi connectivity index (χ4v) is 11.8. The fraction of sp³-hybridized carbons (Fsp3) is 0.952. The molecule has 0 aromatic rings. The first kappa shape index (κ1) is 23.6. The van der Waals surface area contributed by atoms with Crippen LogP contribution in [0.15, 0.2) is 0 Å². The van der Waals surface area contributed by atoms with Gasteiger partial charge in [0, 0.05) is 19.8 Å². The third-order valence-corrected chi connectivity index (χ3v) is 11.7. The Kier molecular flexibility index (Phi) is 10.4. The second kappa shape index (κ2) is 11.5. The summed E-state index contributed by atoms with van der Waals surface area (Å²) >= 11 is 0. The maximum atomic E-state index is 11.7. The standard InChI is InChI=1S/C21H44N2O2Si/c1-8-25-21(24)10-13-22-11-9-12-23(17-22)26(14-18(2)3,15-19(4)5)16-20(6)7/h18-20H,8-17H2,1-7H3. The molecule has 0 N–H and O–H groups in total. The number of hydrogen-bond acceptors (Lipinski definition) is 4. The number of nitrogens with zero attached hydrogens (tertiary/aromatic N) is 2. The van der Waals surface area contributed by atoms with Crippen LogP contribution in [-0.2, 0) is 9.53 Å². The summed E-state index contributed by atoms with van der Waals surface area (Å²) in [6, 6.07) is 4.19. The normalized spacial score (nSPS) is 17.5. The van der Waals surface area contributed by atoms with Gasteiger partial charge in [-0.1, -0.05) is 41.5 Å². The molecule has 1 aliphatic rings. The van der Waals surface area contributed by atoms with Crippen molar-refractivity contribution in [3.8, 4) is 0 Å². The van der Waals surface area contributed by atoms with Crippen LogP contribution < -0.4 is 0 Å². The Morgan fingerprint density at radius 2 is 1.50 bits per heavy atom. The van der Waals surface area contributed by atoms with E-state index in [1.165, 1.54) is 31.1 Å². The van der Waals surface area contributed by atoms with Crippen molar-refractivity contribution < 1.29 is 9.53 Å². The van der Waals surface area contributed by atoms with Crippen LogP contribution in [0.3, 0.4) is 0 Å². The zero-order chi connectivity index (χ0) is 19.7. The molecule has 5 heteroatoms. The molecule has 4 nitrogen and oxygen atoms in total. The zero-order valence-corrected chi connectivity index (χ0v) is 19.5. The molecule has 1 heterocycles. The highest BCUT2D eigenvalue weighted by molar-refractivity contribution is 6.77. The van der Waals surface area contributed by atoms with E-state index in [9.17, 15) is 4.79 Å². The van der Waals surface area contributed by atoms with Gasteiger partial charge in [0.2, 0.25) is 0 Å². The predicted molar refractivity (Wildman–Crippen MR) is 114 cm³/mol. The third-order valence-electron chi connectivity index (χ3n) is 5.25. The van der Waals surface area contributed by atoms with Crippen LogP contribution >= 0.6 is 0 Å². The summed E-state index contributed by atoms with van der Waals surface area (Å²) in [6.07, 6.45) is 1.75. The Bertz CT molecular complexity index is 386. The summed E-state index contributed by atoms with van der Waals surface area (Å²) in [5.74, 6) is 2.22. The van der Waals surface area contributed by atoms with Gasteiger partial charge in [-0.25, -0.2) is 0 Å². The average Bonchev–Trinajstić information content (AvgIpc) is 2.51. The lowest BCUT2D eigenvalue weighted by molar-refractivity contribution is -0.143. The molecule has 154 valence electrons. The molecule has 26 heavy (non-hydrogen) atoms. The summed E-state index contributed by atoms with van der Waals surface area (Å²) in [5.41, 5.74) is 0. The molecule has 1 saturated heterocycles. The van der Waals surface area contributed by atoms with Gasteiger partial charge in [0.25, 0.3) is 0 Å². The molecule has 0 aliphatic carbocycles. The Balaban J connectivity index is 2.87. The Morgan fingerprint density at radius 3 is 1.96 bits per heavy atom. The molecular formula is C21H44N2O2Si. The molecule has 0 unspecified atom stereocenters. The fourth-order valence-electron chi connectivity index (χ4n) is 4.84. The van der Waals surface area contributed by atoms with E-state index < -0.39 is 8.24 Å². The van der Waals surface area contributed by atoms with Crippen LogP contribution in [0.4, 0.5) is 0 Å². The molecule has 0 amide bonds. The number of hydrogen-bond donors (Lipinski definition) is 0. The van der Waals surface area contributed by atoms with E-state index in [1.807, 2.05) is 6.92 Å². The van der Waals surface area contributed by atoms with Crippen LogP contribution in [-0.4, -0.2) is 56.6 Å². The van der Waals surface area contributed by atoms with Crippen molar-refractivity contribution in [2.75, 3.05) is 32.9 Å². The molecule has 0 aromatic heterocycles. The number of ether oxygens (including phenoxy) is 1. The highest BCUT2D eigenvalue weighted by atomic mass is 28.3. The minimum absolute atomic E-state index is 0.0559. The van der Waals surface area contributed by atoms with Crippen LogP contribution in [0.2, 0.25) is 18.1 Å². The number of carbonyl (C=O) groups excluding carboxylic acids is 1. The van der Waals surface area contributed by atoms with E-state index in [0.29, 0.717) is 13.0 Å². The minimum atomic E-state index is -1.52. The van der Waals surface area contributed by atoms with Crippen molar-refractivity contribution in [3.63, 3.8) is 0 Å². The van der Waals surface area contributed by atoms with Crippen molar-refractivity contribution in [3.05, 3.63) is 0 Å². The second-order valence-corrected chi connectivity index (χ2v) is 13.8. The van der Waals surface area contributed by atoms with Gasteiger partial charge < -0.3 is 9.30 Å². The molecule has 0 saturated carbocycles. The van der Waals surface area contributed by atoms with Gasteiger partial charge in [0.1, 0.15) is 8.24 Å². The van der Waals surface area contributed by atoms with E-state index in [1.54, 1.807) is 0 Å². The maximum absolute atomic E-state index is 11.7. The van der Waals surface area contributed by atoms with Crippen LogP contribution in [0.1, 0.15) is 61.3 Å². The quantitative estimate of drug-likeness (QED) is 0.378. The van der Waals surface area contributed by atoms with Gasteiger partial charge >= 0.3 is 5.97 Å².